The monoisotopic (exact) mass is 274 g/mol. The summed E-state index contributed by atoms with van der Waals surface area (Å²) in [6.07, 6.45) is -0.740. The first-order chi connectivity index (χ1) is 9.15. The van der Waals surface area contributed by atoms with Crippen LogP contribution >= 0.6 is 11.6 Å². The lowest BCUT2D eigenvalue weighted by Gasteiger charge is -2.13. The Morgan fingerprint density at radius 3 is 2.53 bits per heavy atom. The number of hydrogen-bond acceptors (Lipinski definition) is 3. The molecule has 0 aliphatic carbocycles. The zero-order valence-corrected chi connectivity index (χ0v) is 10.8. The molecule has 0 amide bonds. The van der Waals surface area contributed by atoms with Crippen LogP contribution in [0.3, 0.4) is 0 Å². The summed E-state index contributed by atoms with van der Waals surface area (Å²) in [7, 11) is -0.896. The lowest BCUT2D eigenvalue weighted by atomic mass is 9.78. The van der Waals surface area contributed by atoms with Crippen molar-refractivity contribution in [2.45, 2.75) is 12.7 Å². The van der Waals surface area contributed by atoms with Crippen LogP contribution in [-0.2, 0) is 11.3 Å². The molecule has 0 aromatic heterocycles. The quantitative estimate of drug-likeness (QED) is 0.819. The minimum Gasteiger partial charge on any atom is -0.423 e. The van der Waals surface area contributed by atoms with Crippen LogP contribution in [0.15, 0.2) is 42.5 Å². The van der Waals surface area contributed by atoms with E-state index in [4.69, 9.17) is 16.3 Å². The van der Waals surface area contributed by atoms with Gasteiger partial charge in [-0.2, -0.15) is 0 Å². The standard InChI is InChI=1S/C14H12BClO3/c16-12-5-3-9(4-6-12)14(17)10-1-2-11-8-19-15(18)13(11)7-10/h1-7,14,17-18H,8H2. The lowest BCUT2D eigenvalue weighted by Crippen LogP contribution is -2.28. The largest absolute Gasteiger partial charge is 0.491 e. The number of fused-ring (bicyclic) bond motifs is 1. The second-order valence-corrected chi connectivity index (χ2v) is 5.01. The molecule has 0 bridgehead atoms. The average Bonchev–Trinajstić information content (AvgIpc) is 2.80. The van der Waals surface area contributed by atoms with E-state index in [0.29, 0.717) is 11.6 Å². The van der Waals surface area contributed by atoms with Crippen molar-refractivity contribution >= 4 is 24.2 Å². The minimum atomic E-state index is -0.896. The van der Waals surface area contributed by atoms with Crippen LogP contribution in [0.1, 0.15) is 22.8 Å². The van der Waals surface area contributed by atoms with Crippen LogP contribution in [0.25, 0.3) is 0 Å². The molecule has 96 valence electrons. The van der Waals surface area contributed by atoms with E-state index >= 15 is 0 Å². The number of halogens is 1. The highest BCUT2D eigenvalue weighted by Gasteiger charge is 2.28. The minimum absolute atomic E-state index is 0.411. The molecular formula is C14H12BClO3. The lowest BCUT2D eigenvalue weighted by molar-refractivity contribution is 0.220. The highest BCUT2D eigenvalue weighted by atomic mass is 35.5. The smallest absolute Gasteiger partial charge is 0.423 e. The Labute approximate surface area is 116 Å². The molecule has 19 heavy (non-hydrogen) atoms. The average molecular weight is 275 g/mol. The third kappa shape index (κ3) is 2.40. The van der Waals surface area contributed by atoms with Crippen molar-refractivity contribution in [2.24, 2.45) is 0 Å². The molecule has 5 heteroatoms. The molecule has 1 aliphatic heterocycles. The zero-order chi connectivity index (χ0) is 13.4. The molecule has 0 spiro atoms. The number of aliphatic hydroxyl groups is 1. The highest BCUT2D eigenvalue weighted by Crippen LogP contribution is 2.24. The molecular weight excluding hydrogens is 262 g/mol. The van der Waals surface area contributed by atoms with Gasteiger partial charge in [0, 0.05) is 5.02 Å². The summed E-state index contributed by atoms with van der Waals surface area (Å²) >= 11 is 5.83. The first kappa shape index (κ1) is 12.7. The third-order valence-corrected chi connectivity index (χ3v) is 3.59. The summed E-state index contributed by atoms with van der Waals surface area (Å²) in [5.41, 5.74) is 3.17. The fourth-order valence-corrected chi connectivity index (χ4v) is 2.37. The van der Waals surface area contributed by atoms with Gasteiger partial charge in [0.05, 0.1) is 6.61 Å². The van der Waals surface area contributed by atoms with E-state index in [9.17, 15) is 10.1 Å². The molecule has 0 radical (unpaired) electrons. The molecule has 1 heterocycles. The Hall–Kier alpha value is -1.33. The summed E-state index contributed by atoms with van der Waals surface area (Å²) in [5, 5.41) is 20.6. The SMILES string of the molecule is OB1OCc2ccc(C(O)c3ccc(Cl)cc3)cc21. The molecule has 2 aromatic rings. The van der Waals surface area contributed by atoms with E-state index < -0.39 is 13.2 Å². The maximum absolute atomic E-state index is 10.3. The van der Waals surface area contributed by atoms with E-state index in [1.807, 2.05) is 12.1 Å². The van der Waals surface area contributed by atoms with Crippen molar-refractivity contribution in [3.63, 3.8) is 0 Å². The van der Waals surface area contributed by atoms with Gasteiger partial charge >= 0.3 is 7.12 Å². The Balaban J connectivity index is 1.94. The molecule has 1 unspecified atom stereocenters. The van der Waals surface area contributed by atoms with Gasteiger partial charge in [-0.3, -0.25) is 0 Å². The van der Waals surface area contributed by atoms with Crippen molar-refractivity contribution in [2.75, 3.05) is 0 Å². The van der Waals surface area contributed by atoms with Gasteiger partial charge in [-0.15, -0.1) is 0 Å². The number of rotatable bonds is 2. The first-order valence-electron chi connectivity index (χ1n) is 6.01. The Kier molecular flexibility index (Phi) is 3.33. The molecule has 0 saturated carbocycles. The van der Waals surface area contributed by atoms with Gasteiger partial charge in [0.25, 0.3) is 0 Å². The second kappa shape index (κ2) is 4.98. The van der Waals surface area contributed by atoms with Crippen LogP contribution in [0, 0.1) is 0 Å². The van der Waals surface area contributed by atoms with Crippen molar-refractivity contribution in [1.29, 1.82) is 0 Å². The second-order valence-electron chi connectivity index (χ2n) is 4.58. The first-order valence-corrected chi connectivity index (χ1v) is 6.39. The summed E-state index contributed by atoms with van der Waals surface area (Å²) in [5.74, 6) is 0. The van der Waals surface area contributed by atoms with Gasteiger partial charge in [-0.1, -0.05) is 41.9 Å². The Bertz CT molecular complexity index is 600. The van der Waals surface area contributed by atoms with E-state index in [-0.39, 0.29) is 0 Å². The Morgan fingerprint density at radius 1 is 1.11 bits per heavy atom. The molecule has 3 rings (SSSR count). The van der Waals surface area contributed by atoms with Crippen LogP contribution in [-0.4, -0.2) is 17.2 Å². The summed E-state index contributed by atoms with van der Waals surface area (Å²) < 4.78 is 5.14. The van der Waals surface area contributed by atoms with Gasteiger partial charge in [-0.05, 0) is 34.3 Å². The van der Waals surface area contributed by atoms with E-state index in [2.05, 4.69) is 0 Å². The van der Waals surface area contributed by atoms with Crippen LogP contribution in [0.2, 0.25) is 5.02 Å². The molecule has 1 aliphatic rings. The van der Waals surface area contributed by atoms with Gasteiger partial charge < -0.3 is 14.8 Å². The fourth-order valence-electron chi connectivity index (χ4n) is 2.24. The van der Waals surface area contributed by atoms with Gasteiger partial charge in [0.15, 0.2) is 0 Å². The molecule has 2 N–H and O–H groups in total. The summed E-state index contributed by atoms with van der Waals surface area (Å²) in [6.45, 7) is 0.411. The summed E-state index contributed by atoms with van der Waals surface area (Å²) in [4.78, 5) is 0. The number of aliphatic hydroxyl groups excluding tert-OH is 1. The maximum Gasteiger partial charge on any atom is 0.491 e. The van der Waals surface area contributed by atoms with Crippen LogP contribution in [0.4, 0.5) is 0 Å². The molecule has 0 saturated heterocycles. The number of benzene rings is 2. The molecule has 2 aromatic carbocycles. The number of hydrogen-bond donors (Lipinski definition) is 2. The molecule has 3 nitrogen and oxygen atoms in total. The van der Waals surface area contributed by atoms with E-state index in [1.165, 1.54) is 0 Å². The van der Waals surface area contributed by atoms with E-state index in [1.54, 1.807) is 30.3 Å². The van der Waals surface area contributed by atoms with E-state index in [0.717, 1.165) is 22.2 Å². The van der Waals surface area contributed by atoms with Crippen molar-refractivity contribution in [3.05, 3.63) is 64.2 Å². The zero-order valence-electron chi connectivity index (χ0n) is 10.1. The van der Waals surface area contributed by atoms with Gasteiger partial charge in [0.2, 0.25) is 0 Å². The normalized spacial score (nSPS) is 15.4. The van der Waals surface area contributed by atoms with Crippen LogP contribution < -0.4 is 5.46 Å². The maximum atomic E-state index is 10.3. The predicted octanol–water partition coefficient (Wildman–Crippen LogP) is 1.64. The predicted molar refractivity (Wildman–Crippen MR) is 74.4 cm³/mol. The topological polar surface area (TPSA) is 49.7 Å². The van der Waals surface area contributed by atoms with Gasteiger partial charge in [0.1, 0.15) is 6.10 Å². The Morgan fingerprint density at radius 2 is 1.79 bits per heavy atom. The van der Waals surface area contributed by atoms with Crippen molar-refractivity contribution in [1.82, 2.24) is 0 Å². The van der Waals surface area contributed by atoms with Crippen molar-refractivity contribution < 1.29 is 14.8 Å². The molecule has 0 fully saturated rings. The molecule has 1 atom stereocenters. The van der Waals surface area contributed by atoms with Crippen LogP contribution in [0.5, 0.6) is 0 Å². The van der Waals surface area contributed by atoms with Gasteiger partial charge in [-0.25, -0.2) is 0 Å². The third-order valence-electron chi connectivity index (χ3n) is 3.33. The highest BCUT2D eigenvalue weighted by molar-refractivity contribution is 6.61. The van der Waals surface area contributed by atoms with Crippen molar-refractivity contribution in [3.8, 4) is 0 Å². The summed E-state index contributed by atoms with van der Waals surface area (Å²) in [6, 6.07) is 12.6. The fraction of sp³-hybridized carbons (Fsp3) is 0.143.